The molecule has 0 aliphatic heterocycles. The van der Waals surface area contributed by atoms with E-state index in [4.69, 9.17) is 0 Å². The molecule has 0 aliphatic rings. The number of amides is 2. The standard InChI is InChI=1S/C28H27N5O/c1-32(2)17-18-33-16-14-20-19-21(10-13-27(20)33)30-28(34)31-26-12-11-24(25-9-5-6-15-29-25)22-7-3-4-8-23(22)26/h3-16,19H,17-18H2,1-2H3,(H2,30,31,34). The summed E-state index contributed by atoms with van der Waals surface area (Å²) in [6.45, 7) is 1.89. The maximum absolute atomic E-state index is 12.9. The number of benzene rings is 3. The zero-order valence-corrected chi connectivity index (χ0v) is 19.3. The van der Waals surface area contributed by atoms with E-state index in [1.54, 1.807) is 6.20 Å². The number of nitrogens with one attached hydrogen (secondary N) is 2. The quantitative estimate of drug-likeness (QED) is 0.331. The number of rotatable bonds is 6. The van der Waals surface area contributed by atoms with E-state index < -0.39 is 0 Å². The molecule has 0 unspecified atom stereocenters. The van der Waals surface area contributed by atoms with Gasteiger partial charge in [0, 0.05) is 53.0 Å². The first-order valence-electron chi connectivity index (χ1n) is 11.3. The van der Waals surface area contributed by atoms with Gasteiger partial charge in [-0.2, -0.15) is 0 Å². The molecule has 2 N–H and O–H groups in total. The maximum Gasteiger partial charge on any atom is 0.323 e. The van der Waals surface area contributed by atoms with Crippen molar-refractivity contribution in [3.05, 3.63) is 91.3 Å². The Balaban J connectivity index is 1.36. The second-order valence-electron chi connectivity index (χ2n) is 8.59. The average molecular weight is 450 g/mol. The van der Waals surface area contributed by atoms with Gasteiger partial charge in [-0.1, -0.05) is 36.4 Å². The smallest absolute Gasteiger partial charge is 0.323 e. The van der Waals surface area contributed by atoms with Crippen LogP contribution in [0.15, 0.2) is 91.3 Å². The van der Waals surface area contributed by atoms with Crippen LogP contribution in [0.3, 0.4) is 0 Å². The molecule has 3 aromatic carbocycles. The Hall–Kier alpha value is -4.16. The number of hydrogen-bond donors (Lipinski definition) is 2. The summed E-state index contributed by atoms with van der Waals surface area (Å²) in [5.74, 6) is 0. The third kappa shape index (κ3) is 4.49. The average Bonchev–Trinajstić information content (AvgIpc) is 3.25. The third-order valence-corrected chi connectivity index (χ3v) is 5.93. The van der Waals surface area contributed by atoms with Gasteiger partial charge in [0.15, 0.2) is 0 Å². The molecule has 0 radical (unpaired) electrons. The van der Waals surface area contributed by atoms with E-state index in [0.29, 0.717) is 0 Å². The maximum atomic E-state index is 12.9. The van der Waals surface area contributed by atoms with E-state index >= 15 is 0 Å². The number of carbonyl (C=O) groups excluding carboxylic acids is 1. The number of hydrogen-bond acceptors (Lipinski definition) is 3. The first-order valence-corrected chi connectivity index (χ1v) is 11.3. The Morgan fingerprint density at radius 1 is 0.912 bits per heavy atom. The Morgan fingerprint density at radius 3 is 2.53 bits per heavy atom. The molecule has 6 heteroatoms. The van der Waals surface area contributed by atoms with Crippen LogP contribution in [-0.4, -0.2) is 41.1 Å². The second kappa shape index (κ2) is 9.37. The first kappa shape index (κ1) is 21.7. The number of fused-ring (bicyclic) bond motifs is 2. The lowest BCUT2D eigenvalue weighted by Crippen LogP contribution is -2.19. The van der Waals surface area contributed by atoms with Crippen molar-refractivity contribution in [3.8, 4) is 11.3 Å². The number of nitrogens with zero attached hydrogens (tertiary/aromatic N) is 3. The topological polar surface area (TPSA) is 62.2 Å². The molecule has 0 atom stereocenters. The van der Waals surface area contributed by atoms with Crippen LogP contribution < -0.4 is 10.6 Å². The molecule has 6 nitrogen and oxygen atoms in total. The lowest BCUT2D eigenvalue weighted by atomic mass is 10.00. The molecule has 0 saturated carbocycles. The van der Waals surface area contributed by atoms with Gasteiger partial charge in [0.05, 0.1) is 11.4 Å². The molecule has 5 aromatic rings. The summed E-state index contributed by atoms with van der Waals surface area (Å²) >= 11 is 0. The summed E-state index contributed by atoms with van der Waals surface area (Å²) in [5.41, 5.74) is 4.60. The highest BCUT2D eigenvalue weighted by Crippen LogP contribution is 2.32. The van der Waals surface area contributed by atoms with Crippen LogP contribution in [0, 0.1) is 0 Å². The number of anilines is 2. The zero-order valence-electron chi connectivity index (χ0n) is 19.3. The van der Waals surface area contributed by atoms with Crippen LogP contribution in [0.4, 0.5) is 16.2 Å². The van der Waals surface area contributed by atoms with Crippen LogP contribution in [0.1, 0.15) is 0 Å². The van der Waals surface area contributed by atoms with E-state index in [-0.39, 0.29) is 6.03 Å². The minimum atomic E-state index is -0.276. The highest BCUT2D eigenvalue weighted by Gasteiger charge is 2.11. The number of likely N-dealkylation sites (N-methyl/N-ethyl adjacent to an activating group) is 1. The van der Waals surface area contributed by atoms with Crippen molar-refractivity contribution >= 4 is 39.1 Å². The van der Waals surface area contributed by atoms with E-state index in [9.17, 15) is 4.79 Å². The predicted octanol–water partition coefficient (Wildman–Crippen LogP) is 6.06. The molecule has 2 aromatic heterocycles. The van der Waals surface area contributed by atoms with Crippen molar-refractivity contribution < 1.29 is 4.79 Å². The zero-order chi connectivity index (χ0) is 23.5. The van der Waals surface area contributed by atoms with Gasteiger partial charge in [0.1, 0.15) is 0 Å². The van der Waals surface area contributed by atoms with Gasteiger partial charge >= 0.3 is 6.03 Å². The molecule has 0 bridgehead atoms. The van der Waals surface area contributed by atoms with Gasteiger partial charge in [0.25, 0.3) is 0 Å². The van der Waals surface area contributed by atoms with Crippen molar-refractivity contribution in [1.82, 2.24) is 14.5 Å². The fraction of sp³-hybridized carbons (Fsp3) is 0.143. The fourth-order valence-corrected chi connectivity index (χ4v) is 4.22. The lowest BCUT2D eigenvalue weighted by Gasteiger charge is -2.13. The molecule has 0 spiro atoms. The van der Waals surface area contributed by atoms with Crippen LogP contribution >= 0.6 is 0 Å². The molecular weight excluding hydrogens is 422 g/mol. The summed E-state index contributed by atoms with van der Waals surface area (Å²) in [4.78, 5) is 19.5. The molecule has 34 heavy (non-hydrogen) atoms. The molecule has 170 valence electrons. The van der Waals surface area contributed by atoms with Crippen molar-refractivity contribution in [2.75, 3.05) is 31.3 Å². The van der Waals surface area contributed by atoms with Gasteiger partial charge < -0.3 is 20.1 Å². The van der Waals surface area contributed by atoms with Crippen molar-refractivity contribution in [3.63, 3.8) is 0 Å². The van der Waals surface area contributed by atoms with Crippen LogP contribution in [0.25, 0.3) is 32.9 Å². The summed E-state index contributed by atoms with van der Waals surface area (Å²) < 4.78 is 2.23. The van der Waals surface area contributed by atoms with E-state index in [0.717, 1.165) is 57.4 Å². The first-order chi connectivity index (χ1) is 16.6. The Labute approximate surface area is 198 Å². The highest BCUT2D eigenvalue weighted by atomic mass is 16.2. The van der Waals surface area contributed by atoms with Gasteiger partial charge in [-0.15, -0.1) is 0 Å². The number of urea groups is 1. The minimum Gasteiger partial charge on any atom is -0.346 e. The molecule has 2 amide bonds. The largest absolute Gasteiger partial charge is 0.346 e. The Kier molecular flexibility index (Phi) is 5.97. The molecular formula is C28H27N5O. The van der Waals surface area contributed by atoms with Crippen LogP contribution in [0.5, 0.6) is 0 Å². The Morgan fingerprint density at radius 2 is 1.74 bits per heavy atom. The summed E-state index contributed by atoms with van der Waals surface area (Å²) in [5, 5.41) is 9.10. The fourth-order valence-electron chi connectivity index (χ4n) is 4.22. The minimum absolute atomic E-state index is 0.276. The SMILES string of the molecule is CN(C)CCn1ccc2cc(NC(=O)Nc3ccc(-c4ccccn4)c4ccccc34)ccc21. The van der Waals surface area contributed by atoms with Crippen LogP contribution in [0.2, 0.25) is 0 Å². The third-order valence-electron chi connectivity index (χ3n) is 5.93. The van der Waals surface area contributed by atoms with Gasteiger partial charge in [-0.25, -0.2) is 4.79 Å². The lowest BCUT2D eigenvalue weighted by molar-refractivity contribution is 0.262. The Bertz CT molecular complexity index is 1460. The number of aromatic nitrogens is 2. The molecule has 5 rings (SSSR count). The second-order valence-corrected chi connectivity index (χ2v) is 8.59. The number of carbonyl (C=O) groups is 1. The monoisotopic (exact) mass is 449 g/mol. The normalized spacial score (nSPS) is 11.3. The van der Waals surface area contributed by atoms with E-state index in [2.05, 4.69) is 63.6 Å². The highest BCUT2D eigenvalue weighted by molar-refractivity contribution is 6.09. The number of pyridine rings is 1. The summed E-state index contributed by atoms with van der Waals surface area (Å²) in [6, 6.07) is 25.6. The van der Waals surface area contributed by atoms with Crippen LogP contribution in [-0.2, 0) is 6.54 Å². The molecule has 2 heterocycles. The van der Waals surface area contributed by atoms with E-state index in [1.807, 2.05) is 60.7 Å². The van der Waals surface area contributed by atoms with Gasteiger partial charge in [-0.3, -0.25) is 4.98 Å². The van der Waals surface area contributed by atoms with Crippen molar-refractivity contribution in [2.45, 2.75) is 6.54 Å². The predicted molar refractivity (Wildman–Crippen MR) is 140 cm³/mol. The van der Waals surface area contributed by atoms with Gasteiger partial charge in [-0.05, 0) is 61.9 Å². The summed E-state index contributed by atoms with van der Waals surface area (Å²) in [7, 11) is 4.14. The molecule has 0 fully saturated rings. The van der Waals surface area contributed by atoms with Gasteiger partial charge in [0.2, 0.25) is 0 Å². The van der Waals surface area contributed by atoms with E-state index in [1.165, 1.54) is 0 Å². The van der Waals surface area contributed by atoms with Crippen molar-refractivity contribution in [1.29, 1.82) is 0 Å². The molecule has 0 saturated heterocycles. The molecule has 0 aliphatic carbocycles. The summed E-state index contributed by atoms with van der Waals surface area (Å²) in [6.07, 6.45) is 3.88. The van der Waals surface area contributed by atoms with Crippen molar-refractivity contribution in [2.24, 2.45) is 0 Å².